The number of aromatic nitrogens is 2. The van der Waals surface area contributed by atoms with E-state index in [9.17, 15) is 0 Å². The molecule has 0 radical (unpaired) electrons. The van der Waals surface area contributed by atoms with E-state index in [0.717, 1.165) is 12.2 Å². The van der Waals surface area contributed by atoms with Crippen LogP contribution in [0.3, 0.4) is 0 Å². The summed E-state index contributed by atoms with van der Waals surface area (Å²) in [6, 6.07) is 9.12. The van der Waals surface area contributed by atoms with Crippen molar-refractivity contribution in [2.75, 3.05) is 7.05 Å². The first kappa shape index (κ1) is 13.8. The fourth-order valence-corrected chi connectivity index (χ4v) is 2.61. The molecule has 3 nitrogen and oxygen atoms in total. The van der Waals surface area contributed by atoms with E-state index in [1.165, 1.54) is 22.4 Å². The Balaban J connectivity index is 2.27. The fourth-order valence-electron chi connectivity index (χ4n) is 2.61. The van der Waals surface area contributed by atoms with Gasteiger partial charge in [-0.3, -0.25) is 4.68 Å². The molecule has 2 aromatic rings. The molecular formula is C16H23N3. The Kier molecular flexibility index (Phi) is 4.05. The molecular weight excluding hydrogens is 234 g/mol. The number of benzene rings is 1. The minimum Gasteiger partial charge on any atom is -0.311 e. The molecule has 2 rings (SSSR count). The van der Waals surface area contributed by atoms with Gasteiger partial charge in [-0.05, 0) is 46.4 Å². The molecule has 0 aliphatic rings. The van der Waals surface area contributed by atoms with E-state index in [0.29, 0.717) is 0 Å². The van der Waals surface area contributed by atoms with Gasteiger partial charge in [0.15, 0.2) is 0 Å². The number of hydrogen-bond donors (Lipinski definition) is 1. The maximum absolute atomic E-state index is 4.55. The second-order valence-electron chi connectivity index (χ2n) is 5.37. The SMILES string of the molecule is CNC(Cn1nc(C)cc1C)c1cc(C)cc(C)c1. The van der Waals surface area contributed by atoms with Crippen molar-refractivity contribution in [3.8, 4) is 0 Å². The lowest BCUT2D eigenvalue weighted by molar-refractivity contribution is 0.459. The van der Waals surface area contributed by atoms with Crippen LogP contribution < -0.4 is 5.32 Å². The summed E-state index contributed by atoms with van der Waals surface area (Å²) in [6.45, 7) is 9.29. The third kappa shape index (κ3) is 3.24. The number of aryl methyl sites for hydroxylation is 4. The average Bonchev–Trinajstić information content (AvgIpc) is 2.63. The van der Waals surface area contributed by atoms with Crippen molar-refractivity contribution in [2.45, 2.75) is 40.3 Å². The first-order chi connectivity index (χ1) is 8.99. The predicted molar refractivity (Wildman–Crippen MR) is 79.4 cm³/mol. The highest BCUT2D eigenvalue weighted by molar-refractivity contribution is 5.30. The topological polar surface area (TPSA) is 29.9 Å². The minimum absolute atomic E-state index is 0.289. The number of rotatable bonds is 4. The predicted octanol–water partition coefficient (Wildman–Crippen LogP) is 3.08. The van der Waals surface area contributed by atoms with Crippen LogP contribution in [0.15, 0.2) is 24.3 Å². The van der Waals surface area contributed by atoms with Crippen LogP contribution in [0.1, 0.15) is 34.1 Å². The Hall–Kier alpha value is -1.61. The number of hydrogen-bond acceptors (Lipinski definition) is 2. The van der Waals surface area contributed by atoms with Gasteiger partial charge in [0.1, 0.15) is 0 Å². The Morgan fingerprint density at radius 3 is 2.16 bits per heavy atom. The van der Waals surface area contributed by atoms with Crippen molar-refractivity contribution in [1.82, 2.24) is 15.1 Å². The zero-order valence-electron chi connectivity index (χ0n) is 12.5. The lowest BCUT2D eigenvalue weighted by atomic mass is 10.0. The van der Waals surface area contributed by atoms with E-state index >= 15 is 0 Å². The van der Waals surface area contributed by atoms with Crippen LogP contribution >= 0.6 is 0 Å². The third-order valence-corrected chi connectivity index (χ3v) is 3.45. The van der Waals surface area contributed by atoms with Crippen LogP contribution in [0.25, 0.3) is 0 Å². The summed E-state index contributed by atoms with van der Waals surface area (Å²) in [5.41, 5.74) is 6.23. The van der Waals surface area contributed by atoms with E-state index < -0.39 is 0 Å². The summed E-state index contributed by atoms with van der Waals surface area (Å²) in [6.07, 6.45) is 0. The minimum atomic E-state index is 0.289. The molecule has 1 aromatic carbocycles. The van der Waals surface area contributed by atoms with E-state index in [1.807, 2.05) is 14.0 Å². The Morgan fingerprint density at radius 2 is 1.68 bits per heavy atom. The average molecular weight is 257 g/mol. The molecule has 1 unspecified atom stereocenters. The summed E-state index contributed by atoms with van der Waals surface area (Å²) in [5.74, 6) is 0. The van der Waals surface area contributed by atoms with Crippen molar-refractivity contribution in [3.05, 3.63) is 52.3 Å². The fraction of sp³-hybridized carbons (Fsp3) is 0.438. The van der Waals surface area contributed by atoms with Crippen LogP contribution in [0.4, 0.5) is 0 Å². The van der Waals surface area contributed by atoms with Crippen molar-refractivity contribution < 1.29 is 0 Å². The molecule has 0 aliphatic carbocycles. The Bertz CT molecular complexity index is 549. The monoisotopic (exact) mass is 257 g/mol. The molecule has 0 saturated carbocycles. The molecule has 0 spiro atoms. The van der Waals surface area contributed by atoms with Crippen molar-refractivity contribution in [2.24, 2.45) is 0 Å². The van der Waals surface area contributed by atoms with Gasteiger partial charge < -0.3 is 5.32 Å². The molecule has 0 fully saturated rings. The van der Waals surface area contributed by atoms with Gasteiger partial charge in [-0.1, -0.05) is 29.3 Å². The number of nitrogens with zero attached hydrogens (tertiary/aromatic N) is 2. The summed E-state index contributed by atoms with van der Waals surface area (Å²) in [4.78, 5) is 0. The molecule has 1 heterocycles. The van der Waals surface area contributed by atoms with Gasteiger partial charge in [0.05, 0.1) is 18.3 Å². The summed E-state index contributed by atoms with van der Waals surface area (Å²) in [7, 11) is 2.01. The molecule has 0 bridgehead atoms. The number of nitrogens with one attached hydrogen (secondary N) is 1. The van der Waals surface area contributed by atoms with Gasteiger partial charge in [0.2, 0.25) is 0 Å². The van der Waals surface area contributed by atoms with Gasteiger partial charge in [-0.25, -0.2) is 0 Å². The third-order valence-electron chi connectivity index (χ3n) is 3.45. The van der Waals surface area contributed by atoms with Crippen LogP contribution in [0.5, 0.6) is 0 Å². The van der Waals surface area contributed by atoms with E-state index in [4.69, 9.17) is 0 Å². The first-order valence-corrected chi connectivity index (χ1v) is 6.76. The molecule has 0 amide bonds. The smallest absolute Gasteiger partial charge is 0.0607 e. The normalized spacial score (nSPS) is 12.7. The summed E-state index contributed by atoms with van der Waals surface area (Å²) < 4.78 is 2.08. The maximum atomic E-state index is 4.55. The summed E-state index contributed by atoms with van der Waals surface area (Å²) in [5, 5.41) is 7.94. The highest BCUT2D eigenvalue weighted by Gasteiger charge is 2.13. The number of likely N-dealkylation sites (N-methyl/N-ethyl adjacent to an activating group) is 1. The highest BCUT2D eigenvalue weighted by Crippen LogP contribution is 2.19. The largest absolute Gasteiger partial charge is 0.311 e. The summed E-state index contributed by atoms with van der Waals surface area (Å²) >= 11 is 0. The van der Waals surface area contributed by atoms with E-state index in [-0.39, 0.29) is 6.04 Å². The lowest BCUT2D eigenvalue weighted by Gasteiger charge is -2.19. The molecule has 19 heavy (non-hydrogen) atoms. The Morgan fingerprint density at radius 1 is 1.05 bits per heavy atom. The second-order valence-corrected chi connectivity index (χ2v) is 5.37. The van der Waals surface area contributed by atoms with Crippen molar-refractivity contribution in [3.63, 3.8) is 0 Å². The molecule has 102 valence electrons. The quantitative estimate of drug-likeness (QED) is 0.912. The van der Waals surface area contributed by atoms with Crippen molar-refractivity contribution >= 4 is 0 Å². The molecule has 0 aliphatic heterocycles. The lowest BCUT2D eigenvalue weighted by Crippen LogP contribution is -2.23. The first-order valence-electron chi connectivity index (χ1n) is 6.76. The van der Waals surface area contributed by atoms with Crippen molar-refractivity contribution in [1.29, 1.82) is 0 Å². The zero-order chi connectivity index (χ0) is 14.0. The maximum Gasteiger partial charge on any atom is 0.0607 e. The van der Waals surface area contributed by atoms with Crippen LogP contribution in [0.2, 0.25) is 0 Å². The highest BCUT2D eigenvalue weighted by atomic mass is 15.3. The van der Waals surface area contributed by atoms with Gasteiger partial charge in [-0.15, -0.1) is 0 Å². The van der Waals surface area contributed by atoms with Crippen LogP contribution in [0, 0.1) is 27.7 Å². The van der Waals surface area contributed by atoms with Gasteiger partial charge in [0.25, 0.3) is 0 Å². The van der Waals surface area contributed by atoms with Crippen LogP contribution in [-0.4, -0.2) is 16.8 Å². The second kappa shape index (κ2) is 5.57. The van der Waals surface area contributed by atoms with Gasteiger partial charge in [-0.2, -0.15) is 5.10 Å². The molecule has 1 aromatic heterocycles. The molecule has 0 saturated heterocycles. The molecule has 1 N–H and O–H groups in total. The Labute approximate surface area is 115 Å². The van der Waals surface area contributed by atoms with Crippen LogP contribution in [-0.2, 0) is 6.54 Å². The standard InChI is InChI=1S/C16H23N3/c1-11-6-12(2)8-15(7-11)16(17-5)10-19-14(4)9-13(3)18-19/h6-9,16-17H,10H2,1-5H3. The van der Waals surface area contributed by atoms with Gasteiger partial charge >= 0.3 is 0 Å². The van der Waals surface area contributed by atoms with Gasteiger partial charge in [0, 0.05) is 5.69 Å². The van der Waals surface area contributed by atoms with E-state index in [1.54, 1.807) is 0 Å². The molecule has 3 heteroatoms. The zero-order valence-corrected chi connectivity index (χ0v) is 12.5. The molecule has 1 atom stereocenters. The van der Waals surface area contributed by atoms with E-state index in [2.05, 4.69) is 60.1 Å².